The van der Waals surface area contributed by atoms with Crippen LogP contribution in [0.5, 0.6) is 0 Å². The minimum absolute atomic E-state index is 0.0558. The van der Waals surface area contributed by atoms with Crippen LogP contribution >= 0.6 is 0 Å². The summed E-state index contributed by atoms with van der Waals surface area (Å²) in [6.07, 6.45) is 11.6. The van der Waals surface area contributed by atoms with E-state index in [1.807, 2.05) is 0 Å². The number of amides is 1. The molecule has 0 bridgehead atoms. The van der Waals surface area contributed by atoms with Gasteiger partial charge in [0.2, 0.25) is 5.91 Å². The van der Waals surface area contributed by atoms with Gasteiger partial charge < -0.3 is 19.9 Å². The number of carbonyl (C=O) groups excluding carboxylic acids is 2. The molecule has 6 rings (SSSR count). The number of hydrogen-bond acceptors (Lipinski definition) is 6. The second kappa shape index (κ2) is 13.7. The van der Waals surface area contributed by atoms with Crippen molar-refractivity contribution in [3.05, 3.63) is 12.2 Å². The van der Waals surface area contributed by atoms with Crippen molar-refractivity contribution < 1.29 is 29.0 Å². The van der Waals surface area contributed by atoms with E-state index >= 15 is 0 Å². The van der Waals surface area contributed by atoms with Crippen molar-refractivity contribution in [2.45, 2.75) is 139 Å². The van der Waals surface area contributed by atoms with E-state index in [0.717, 1.165) is 71.4 Å². The van der Waals surface area contributed by atoms with Gasteiger partial charge in [-0.3, -0.25) is 19.3 Å². The van der Waals surface area contributed by atoms with Crippen LogP contribution < -0.4 is 5.32 Å². The standard InChI is InChI=1S/C43H70N2O6/c1-28(2)29-12-17-43(26-34(46)44-20-21-45-22-24-50-25-23-45)19-18-41(8)30(36(29)43)10-11-32-40(7)15-14-33(51-35(47)27-38(3,4)37(48)49)39(5,6)31(40)13-16-42(32,41)9/h29-33,36H,1,10-27H2,2-9H3,(H,44,46)(H,48,49)/t29-,30+,31-,32+,33-,36+,40-,41+,42+,43+/m0/s1. The van der Waals surface area contributed by atoms with Gasteiger partial charge in [0.25, 0.3) is 0 Å². The number of ether oxygens (including phenoxy) is 2. The maximum Gasteiger partial charge on any atom is 0.309 e. The quantitative estimate of drug-likeness (QED) is 0.176. The number of morpholine rings is 1. The molecule has 8 nitrogen and oxygen atoms in total. The van der Waals surface area contributed by atoms with Crippen LogP contribution in [0, 0.1) is 62.1 Å². The molecule has 1 amide bonds. The van der Waals surface area contributed by atoms with Crippen molar-refractivity contribution in [2.24, 2.45) is 62.1 Å². The van der Waals surface area contributed by atoms with Crippen LogP contribution in [0.4, 0.5) is 0 Å². The third-order valence-electron chi connectivity index (χ3n) is 17.0. The zero-order valence-corrected chi connectivity index (χ0v) is 33.3. The zero-order valence-electron chi connectivity index (χ0n) is 33.3. The SMILES string of the molecule is C=C(C)[C@@H]1CC[C@]2(CC(=O)NCCN3CCOCC3)CC[C@]3(C)[C@H](CC[C@@H]4[C@@]5(C)CC[C@H](OC(=O)CC(C)(C)C(=O)O)C(C)(C)[C@@H]5CC[C@]43C)[C@@H]12. The van der Waals surface area contributed by atoms with Crippen LogP contribution in [0.3, 0.4) is 0 Å². The summed E-state index contributed by atoms with van der Waals surface area (Å²) in [6, 6.07) is 0. The molecule has 5 saturated carbocycles. The van der Waals surface area contributed by atoms with Gasteiger partial charge in [0.05, 0.1) is 25.0 Å². The summed E-state index contributed by atoms with van der Waals surface area (Å²) in [4.78, 5) is 40.9. The Balaban J connectivity index is 1.19. The topological polar surface area (TPSA) is 105 Å². The van der Waals surface area contributed by atoms with Gasteiger partial charge in [-0.05, 0) is 136 Å². The van der Waals surface area contributed by atoms with Crippen molar-refractivity contribution in [1.29, 1.82) is 0 Å². The van der Waals surface area contributed by atoms with E-state index in [-0.39, 0.29) is 45.5 Å². The Labute approximate surface area is 308 Å². The first-order valence-electron chi connectivity index (χ1n) is 20.5. The number of hydrogen-bond donors (Lipinski definition) is 2. The number of allylic oxidation sites excluding steroid dienone is 1. The summed E-state index contributed by atoms with van der Waals surface area (Å²) in [5, 5.41) is 12.9. The second-order valence-electron chi connectivity index (χ2n) is 20.2. The lowest BCUT2D eigenvalue weighted by atomic mass is 9.32. The Morgan fingerprint density at radius 3 is 2.27 bits per heavy atom. The molecule has 8 heteroatoms. The average molecular weight is 711 g/mol. The first-order valence-corrected chi connectivity index (χ1v) is 20.5. The van der Waals surface area contributed by atoms with Crippen molar-refractivity contribution >= 4 is 17.8 Å². The summed E-state index contributed by atoms with van der Waals surface area (Å²) in [6.45, 7) is 27.5. The number of nitrogens with zero attached hydrogens (tertiary/aromatic N) is 1. The number of nitrogens with one attached hydrogen (secondary N) is 1. The minimum Gasteiger partial charge on any atom is -0.481 e. The molecular formula is C43H70N2O6. The summed E-state index contributed by atoms with van der Waals surface area (Å²) in [5.41, 5.74) is 0.565. The average Bonchev–Trinajstić information content (AvgIpc) is 3.42. The van der Waals surface area contributed by atoms with Crippen LogP contribution in [0.25, 0.3) is 0 Å². The molecule has 6 aliphatic rings. The predicted molar refractivity (Wildman–Crippen MR) is 200 cm³/mol. The third-order valence-corrected chi connectivity index (χ3v) is 17.0. The number of fused-ring (bicyclic) bond motifs is 7. The summed E-state index contributed by atoms with van der Waals surface area (Å²) in [5.74, 6) is 1.47. The van der Waals surface area contributed by atoms with E-state index in [1.165, 1.54) is 31.3 Å². The normalized spacial score (nSPS) is 42.0. The Hall–Kier alpha value is -1.93. The van der Waals surface area contributed by atoms with Crippen LogP contribution in [0.2, 0.25) is 0 Å². The molecule has 6 fully saturated rings. The molecule has 1 saturated heterocycles. The molecule has 1 heterocycles. The van der Waals surface area contributed by atoms with Crippen molar-refractivity contribution in [2.75, 3.05) is 39.4 Å². The van der Waals surface area contributed by atoms with Gasteiger partial charge in [0.15, 0.2) is 0 Å². The Morgan fingerprint density at radius 1 is 0.902 bits per heavy atom. The predicted octanol–water partition coefficient (Wildman–Crippen LogP) is 7.90. The molecular weight excluding hydrogens is 640 g/mol. The smallest absolute Gasteiger partial charge is 0.309 e. The Bertz CT molecular complexity index is 1370. The number of esters is 1. The van der Waals surface area contributed by atoms with E-state index in [0.29, 0.717) is 42.6 Å². The molecule has 1 aliphatic heterocycles. The fraction of sp³-hybridized carbons (Fsp3) is 0.884. The highest BCUT2D eigenvalue weighted by molar-refractivity contribution is 5.81. The lowest BCUT2D eigenvalue weighted by Crippen LogP contribution is -2.67. The van der Waals surface area contributed by atoms with Gasteiger partial charge in [0, 0.05) is 38.0 Å². The van der Waals surface area contributed by atoms with Gasteiger partial charge in [-0.2, -0.15) is 0 Å². The number of rotatable bonds is 10. The van der Waals surface area contributed by atoms with Gasteiger partial charge in [-0.1, -0.05) is 46.8 Å². The van der Waals surface area contributed by atoms with Crippen LogP contribution in [-0.2, 0) is 23.9 Å². The highest BCUT2D eigenvalue weighted by atomic mass is 16.5. The second-order valence-corrected chi connectivity index (χ2v) is 20.2. The molecule has 0 aromatic carbocycles. The monoisotopic (exact) mass is 711 g/mol. The molecule has 0 aromatic heterocycles. The Morgan fingerprint density at radius 2 is 1.61 bits per heavy atom. The van der Waals surface area contributed by atoms with Crippen LogP contribution in [0.15, 0.2) is 12.2 Å². The molecule has 0 aromatic rings. The summed E-state index contributed by atoms with van der Waals surface area (Å²) >= 11 is 0. The minimum atomic E-state index is -1.14. The maximum absolute atomic E-state index is 13.7. The molecule has 5 aliphatic carbocycles. The van der Waals surface area contributed by atoms with Gasteiger partial charge in [-0.15, -0.1) is 0 Å². The molecule has 0 unspecified atom stereocenters. The molecule has 288 valence electrons. The first-order chi connectivity index (χ1) is 23.8. The number of carboxylic acid groups (broad SMARTS) is 1. The summed E-state index contributed by atoms with van der Waals surface area (Å²) in [7, 11) is 0. The summed E-state index contributed by atoms with van der Waals surface area (Å²) < 4.78 is 11.7. The first kappa shape index (κ1) is 38.8. The van der Waals surface area contributed by atoms with Crippen molar-refractivity contribution in [3.8, 4) is 0 Å². The van der Waals surface area contributed by atoms with E-state index in [9.17, 15) is 19.5 Å². The fourth-order valence-corrected chi connectivity index (χ4v) is 14.0. The van der Waals surface area contributed by atoms with E-state index in [2.05, 4.69) is 58.3 Å². The van der Waals surface area contributed by atoms with Gasteiger partial charge >= 0.3 is 11.9 Å². The van der Waals surface area contributed by atoms with Crippen LogP contribution in [0.1, 0.15) is 132 Å². The number of carbonyl (C=O) groups is 3. The van der Waals surface area contributed by atoms with E-state index < -0.39 is 17.4 Å². The number of carboxylic acids is 1. The van der Waals surface area contributed by atoms with Gasteiger partial charge in [-0.25, -0.2) is 0 Å². The van der Waals surface area contributed by atoms with E-state index in [4.69, 9.17) is 9.47 Å². The highest BCUT2D eigenvalue weighted by Gasteiger charge is 2.71. The fourth-order valence-electron chi connectivity index (χ4n) is 14.0. The number of aliphatic carboxylic acids is 1. The highest BCUT2D eigenvalue weighted by Crippen LogP contribution is 2.78. The molecule has 0 radical (unpaired) electrons. The molecule has 51 heavy (non-hydrogen) atoms. The molecule has 0 spiro atoms. The molecule has 10 atom stereocenters. The van der Waals surface area contributed by atoms with Crippen molar-refractivity contribution in [1.82, 2.24) is 10.2 Å². The Kier molecular flexibility index (Phi) is 10.4. The van der Waals surface area contributed by atoms with Crippen molar-refractivity contribution in [3.63, 3.8) is 0 Å². The molecule has 2 N–H and O–H groups in total. The van der Waals surface area contributed by atoms with Crippen LogP contribution in [-0.4, -0.2) is 73.3 Å². The lowest BCUT2D eigenvalue weighted by molar-refractivity contribution is -0.250. The third kappa shape index (κ3) is 6.52. The van der Waals surface area contributed by atoms with E-state index in [1.54, 1.807) is 13.8 Å². The zero-order chi connectivity index (χ0) is 37.2. The maximum atomic E-state index is 13.7. The lowest BCUT2D eigenvalue weighted by Gasteiger charge is -2.73. The van der Waals surface area contributed by atoms with Gasteiger partial charge in [0.1, 0.15) is 6.10 Å². The largest absolute Gasteiger partial charge is 0.481 e.